The predicted molar refractivity (Wildman–Crippen MR) is 118 cm³/mol. The van der Waals surface area contributed by atoms with Gasteiger partial charge in [0.05, 0.1) is 21.4 Å². The topological polar surface area (TPSA) is 178 Å². The van der Waals surface area contributed by atoms with Gasteiger partial charge in [-0.05, 0) is 26.2 Å². The zero-order valence-corrected chi connectivity index (χ0v) is 20.4. The first kappa shape index (κ1) is 28.1. The minimum absolute atomic E-state index is 0.403. The summed E-state index contributed by atoms with van der Waals surface area (Å²) in [4.78, 5) is -0.740. The second-order valence-corrected chi connectivity index (χ2v) is 11.1. The standard InChI is InChI=1S/C15H18Cl2F3N7O5S2/c1-22-33(29,30)4-3-24-14-12(34(31,32)23-2)10(13(21)26-28)25-27(14)11-8(16)5-7(6-9(11)17)15(18,19)20/h5-6,22-24,28H,3-4H2,1-2H3,(H2,21,26). The third-order valence-electron chi connectivity index (χ3n) is 4.26. The van der Waals surface area contributed by atoms with Crippen molar-refractivity contribution >= 4 is 54.9 Å². The highest BCUT2D eigenvalue weighted by atomic mass is 35.5. The number of rotatable bonds is 9. The molecule has 1 heterocycles. The largest absolute Gasteiger partial charge is 0.416 e. The first-order valence-corrected chi connectivity index (χ1v) is 12.8. The number of halogens is 5. The number of hydrogen-bond acceptors (Lipinski definition) is 8. The number of hydroxylamine groups is 1. The third-order valence-corrected chi connectivity index (χ3v) is 7.66. The normalized spacial score (nSPS) is 12.6. The van der Waals surface area contributed by atoms with Crippen LogP contribution >= 0.6 is 23.2 Å². The van der Waals surface area contributed by atoms with E-state index in [1.807, 2.05) is 4.72 Å². The van der Waals surface area contributed by atoms with Crippen LogP contribution in [0.1, 0.15) is 11.3 Å². The SMILES string of the molecule is CNS(=O)(=O)CCNc1c(S(=O)(=O)NC)c(C(=N)NO)nn1-c1c(Cl)cc(C(F)(F)F)cc1Cl. The molecule has 34 heavy (non-hydrogen) atoms. The summed E-state index contributed by atoms with van der Waals surface area (Å²) in [7, 11) is -6.02. The van der Waals surface area contributed by atoms with Gasteiger partial charge < -0.3 is 5.32 Å². The number of alkyl halides is 3. The van der Waals surface area contributed by atoms with Gasteiger partial charge in [0.25, 0.3) is 0 Å². The molecule has 6 N–H and O–H groups in total. The third kappa shape index (κ3) is 5.91. The van der Waals surface area contributed by atoms with Gasteiger partial charge in [0.1, 0.15) is 5.69 Å². The molecule has 0 aliphatic rings. The summed E-state index contributed by atoms with van der Waals surface area (Å²) in [6, 6.07) is 1.06. The van der Waals surface area contributed by atoms with Crippen molar-refractivity contribution in [2.45, 2.75) is 11.1 Å². The molecule has 1 aromatic heterocycles. The van der Waals surface area contributed by atoms with Crippen LogP contribution in [0.15, 0.2) is 17.0 Å². The Balaban J connectivity index is 2.86. The second-order valence-electron chi connectivity index (χ2n) is 6.37. The molecule has 0 aliphatic heterocycles. The fourth-order valence-electron chi connectivity index (χ4n) is 2.63. The molecule has 0 unspecified atom stereocenters. The summed E-state index contributed by atoms with van der Waals surface area (Å²) >= 11 is 12.1. The van der Waals surface area contributed by atoms with E-state index >= 15 is 0 Å². The van der Waals surface area contributed by atoms with Gasteiger partial charge in [-0.25, -0.2) is 31.0 Å². The molecule has 0 spiro atoms. The zero-order valence-electron chi connectivity index (χ0n) is 17.2. The van der Waals surface area contributed by atoms with E-state index in [1.165, 1.54) is 5.48 Å². The molecule has 0 radical (unpaired) electrons. The maximum absolute atomic E-state index is 13.1. The number of nitrogens with one attached hydrogen (secondary N) is 5. The van der Waals surface area contributed by atoms with E-state index in [9.17, 15) is 30.0 Å². The molecule has 0 amide bonds. The highest BCUT2D eigenvalue weighted by molar-refractivity contribution is 7.90. The van der Waals surface area contributed by atoms with Crippen LogP contribution in [0.3, 0.4) is 0 Å². The number of hydrogen-bond donors (Lipinski definition) is 6. The molecule has 0 fully saturated rings. The monoisotopic (exact) mass is 567 g/mol. The van der Waals surface area contributed by atoms with Gasteiger partial charge in [0.2, 0.25) is 20.0 Å². The van der Waals surface area contributed by atoms with Crippen molar-refractivity contribution in [1.82, 2.24) is 24.7 Å². The average molecular weight is 568 g/mol. The van der Waals surface area contributed by atoms with Crippen LogP contribution < -0.4 is 20.2 Å². The summed E-state index contributed by atoms with van der Waals surface area (Å²) in [6.45, 7) is -0.406. The molecule has 2 rings (SSSR count). The van der Waals surface area contributed by atoms with Crippen molar-refractivity contribution in [3.05, 3.63) is 33.4 Å². The molecule has 12 nitrogen and oxygen atoms in total. The lowest BCUT2D eigenvalue weighted by molar-refractivity contribution is -0.137. The summed E-state index contributed by atoms with van der Waals surface area (Å²) in [6.07, 6.45) is -4.80. The number of aromatic nitrogens is 2. The zero-order chi connectivity index (χ0) is 26.1. The Morgan fingerprint density at radius 3 is 2.15 bits per heavy atom. The Morgan fingerprint density at radius 1 is 1.15 bits per heavy atom. The van der Waals surface area contributed by atoms with E-state index in [1.54, 1.807) is 0 Å². The fourth-order valence-corrected chi connectivity index (χ4v) is 4.87. The minimum Gasteiger partial charge on any atom is -0.368 e. The van der Waals surface area contributed by atoms with Crippen molar-refractivity contribution in [1.29, 1.82) is 5.41 Å². The van der Waals surface area contributed by atoms with Crippen LogP contribution in [0.2, 0.25) is 10.0 Å². The van der Waals surface area contributed by atoms with Crippen LogP contribution in [-0.2, 0) is 26.2 Å². The molecular formula is C15H18Cl2F3N7O5S2. The van der Waals surface area contributed by atoms with Crippen molar-refractivity contribution in [2.75, 3.05) is 31.7 Å². The van der Waals surface area contributed by atoms with E-state index in [2.05, 4.69) is 15.1 Å². The Morgan fingerprint density at radius 2 is 1.71 bits per heavy atom. The average Bonchev–Trinajstić information content (AvgIpc) is 3.11. The predicted octanol–water partition coefficient (Wildman–Crippen LogP) is 1.37. The molecule has 0 bridgehead atoms. The molecule has 1 aromatic carbocycles. The number of benzene rings is 1. The van der Waals surface area contributed by atoms with E-state index in [-0.39, 0.29) is 0 Å². The van der Waals surface area contributed by atoms with Gasteiger partial charge in [0, 0.05) is 6.54 Å². The quantitative estimate of drug-likeness (QED) is 0.149. The van der Waals surface area contributed by atoms with Gasteiger partial charge in [0.15, 0.2) is 22.2 Å². The maximum atomic E-state index is 13.1. The molecule has 0 aliphatic carbocycles. The summed E-state index contributed by atoms with van der Waals surface area (Å²) < 4.78 is 93.1. The molecule has 190 valence electrons. The Bertz CT molecular complexity index is 1290. The molecule has 0 saturated heterocycles. The number of anilines is 1. The van der Waals surface area contributed by atoms with Crippen LogP contribution in [-0.4, -0.2) is 64.1 Å². The fraction of sp³-hybridized carbons (Fsp3) is 0.333. The van der Waals surface area contributed by atoms with E-state index in [4.69, 9.17) is 33.8 Å². The lowest BCUT2D eigenvalue weighted by Crippen LogP contribution is -2.28. The van der Waals surface area contributed by atoms with Crippen LogP contribution in [0.25, 0.3) is 5.69 Å². The second kappa shape index (κ2) is 10.2. The smallest absolute Gasteiger partial charge is 0.368 e. The maximum Gasteiger partial charge on any atom is 0.416 e. The highest BCUT2D eigenvalue weighted by Crippen LogP contribution is 2.39. The first-order valence-electron chi connectivity index (χ1n) is 8.87. The van der Waals surface area contributed by atoms with Crippen molar-refractivity contribution in [3.8, 4) is 5.69 Å². The van der Waals surface area contributed by atoms with Gasteiger partial charge in [-0.1, -0.05) is 23.2 Å². The number of amidine groups is 1. The van der Waals surface area contributed by atoms with E-state index < -0.39 is 82.1 Å². The Kier molecular flexibility index (Phi) is 8.45. The van der Waals surface area contributed by atoms with Gasteiger partial charge in [-0.15, -0.1) is 0 Å². The van der Waals surface area contributed by atoms with Gasteiger partial charge in [-0.3, -0.25) is 16.1 Å². The van der Waals surface area contributed by atoms with Crippen LogP contribution in [0.5, 0.6) is 0 Å². The summed E-state index contributed by atoms with van der Waals surface area (Å²) in [5.41, 5.74) is -0.850. The lowest BCUT2D eigenvalue weighted by Gasteiger charge is -2.16. The number of sulfonamides is 2. The Hall–Kier alpha value is -2.15. The van der Waals surface area contributed by atoms with Crippen LogP contribution in [0, 0.1) is 5.41 Å². The van der Waals surface area contributed by atoms with Gasteiger partial charge in [-0.2, -0.15) is 18.3 Å². The van der Waals surface area contributed by atoms with Crippen molar-refractivity contribution in [2.24, 2.45) is 0 Å². The van der Waals surface area contributed by atoms with E-state index in [0.29, 0.717) is 16.8 Å². The molecule has 19 heteroatoms. The molecule has 0 atom stereocenters. The first-order chi connectivity index (χ1) is 15.6. The van der Waals surface area contributed by atoms with Crippen LogP contribution in [0.4, 0.5) is 19.0 Å². The number of nitrogens with zero attached hydrogens (tertiary/aromatic N) is 2. The summed E-state index contributed by atoms with van der Waals surface area (Å²) in [5, 5.41) is 22.2. The summed E-state index contributed by atoms with van der Waals surface area (Å²) in [5.74, 6) is -1.94. The molecular weight excluding hydrogens is 550 g/mol. The highest BCUT2D eigenvalue weighted by Gasteiger charge is 2.35. The molecule has 2 aromatic rings. The van der Waals surface area contributed by atoms with Crippen molar-refractivity contribution < 1.29 is 35.2 Å². The van der Waals surface area contributed by atoms with E-state index in [0.717, 1.165) is 14.1 Å². The van der Waals surface area contributed by atoms with Crippen molar-refractivity contribution in [3.63, 3.8) is 0 Å². The van der Waals surface area contributed by atoms with Gasteiger partial charge >= 0.3 is 6.18 Å². The Labute approximate surface area is 202 Å². The lowest BCUT2D eigenvalue weighted by atomic mass is 10.2. The molecule has 0 saturated carbocycles. The minimum atomic E-state index is -4.80.